The van der Waals surface area contributed by atoms with Gasteiger partial charge in [-0.05, 0) is 280 Å². The molecule has 2 fully saturated rings. The molecule has 0 aliphatic carbocycles. The average Bonchev–Trinajstić information content (AvgIpc) is 1.65. The van der Waals surface area contributed by atoms with Crippen LogP contribution in [0.1, 0.15) is 158 Å². The molecule has 17 rings (SSSR count). The van der Waals surface area contributed by atoms with E-state index < -0.39 is 45.7 Å². The first-order valence-electron chi connectivity index (χ1n) is 43.8. The number of halogens is 10. The van der Waals surface area contributed by atoms with Crippen molar-refractivity contribution in [1.82, 2.24) is 33.6 Å². The molecule has 38 heteroatoms. The third-order valence-corrected chi connectivity index (χ3v) is 22.2. The molecule has 3 aliphatic rings. The molecule has 138 heavy (non-hydrogen) atoms. The number of nitro groups is 2. The van der Waals surface area contributed by atoms with E-state index in [9.17, 15) is 53.7 Å². The number of carbonyl (C=O) groups is 5. The summed E-state index contributed by atoms with van der Waals surface area (Å²) in [6.45, 7) is 16.3. The van der Waals surface area contributed by atoms with Crippen LogP contribution in [0.5, 0.6) is 0 Å². The number of aromatic nitrogens is 6. The number of fused-ring (bicyclic) bond motifs is 4. The van der Waals surface area contributed by atoms with Gasteiger partial charge in [0.25, 0.3) is 5.69 Å². The van der Waals surface area contributed by atoms with Crippen molar-refractivity contribution in [3.8, 4) is 23.1 Å². The minimum atomic E-state index is -1.83. The van der Waals surface area contributed by atoms with Crippen molar-refractivity contribution in [3.05, 3.63) is 357 Å². The molecule has 0 bridgehead atoms. The second-order valence-corrected chi connectivity index (χ2v) is 36.5. The number of rotatable bonds is 14. The van der Waals surface area contributed by atoms with Crippen LogP contribution in [-0.4, -0.2) is 155 Å². The maximum absolute atomic E-state index is 12.7. The summed E-state index contributed by atoms with van der Waals surface area (Å²) in [7, 11) is -2.40. The number of carbonyl (C=O) groups excluding carboxylic acids is 5. The van der Waals surface area contributed by atoms with E-state index in [4.69, 9.17) is 66.1 Å². The number of nitrogen functional groups attached to an aromatic ring is 1. The fraction of sp³-hybridized carbons (Fsp3) is 0.220. The summed E-state index contributed by atoms with van der Waals surface area (Å²) in [6.07, 6.45) is 19.5. The van der Waals surface area contributed by atoms with Gasteiger partial charge in [0.05, 0.1) is 68.2 Å². The average molecular weight is 2390 g/mol. The number of hydrogen-bond donors (Lipinski definition) is 5. The summed E-state index contributed by atoms with van der Waals surface area (Å²) in [5.74, 6) is -1.57. The standard InChI is InChI=1S/C16H15BrN2O.2C15H11BrN2O.C14H11BrN2O3.C9H15N.C8H6FNO3.C7H6BNO2.C6H6BrN.C4H8O2.C4H8O.CHCl3.CH3.HI.Mg/c1-16(2,20)11-6-7-15-14(8-11)18-10-19(15)13-5-3-4-12(17)9-13;2*1-10(19)11-5-6-15-14(7-11)17-9-18(15)13-4-2-3-12(16)8-13;1-9(18)10-5-6-13(14(7-10)17(19)20)16-12-4-2-3-11(15)8-12;1-3-7-10-8-4-2-6-9(10)5-1;1-5(11)6-2-3-7(9)8(4-6)10(12)13;9-5-6-3-1-2-4-7(6)8(10)11;7-5-2-1-3-6(8)4-5;1-3-6-4(2)5;1-2-4-5-3-1;2-1(3)4;;;/h3-10,20H,1-2H3;2*2-9H,1H3;2-8,16H,1H3;3,7,9H,1-2,4-6,8H2;2-4H,1H3;1-4,10-11H;1-4H,8H2;3H2,1-2H3;1-4H2;1H;1H3;1H;/q;;;;;;;;;;;-1;;+2/p-1/i;;;;;;;;;;1D;1D3;;. The van der Waals surface area contributed by atoms with Crippen molar-refractivity contribution in [1.29, 1.82) is 5.26 Å². The summed E-state index contributed by atoms with van der Waals surface area (Å²) in [5, 5.41) is 60.4. The van der Waals surface area contributed by atoms with Gasteiger partial charge in [0.15, 0.2) is 27.4 Å². The minimum absolute atomic E-state index is 0. The molecule has 14 aromatic rings. The molecule has 6 heterocycles. The smallest absolute Gasteiger partial charge is 1.00 e. The predicted octanol–water partition coefficient (Wildman–Crippen LogP) is 22.1. The molecule has 6 N–H and O–H groups in total. The Bertz CT molecular complexity index is 6440. The van der Waals surface area contributed by atoms with Crippen LogP contribution in [0, 0.1) is 44.7 Å². The van der Waals surface area contributed by atoms with Gasteiger partial charge in [0, 0.05) is 118 Å². The number of aliphatic hydroxyl groups is 1. The summed E-state index contributed by atoms with van der Waals surface area (Å²) >= 11 is 31.2. The molecule has 0 saturated carbocycles. The van der Waals surface area contributed by atoms with E-state index in [0.29, 0.717) is 34.5 Å². The molecule has 3 aliphatic heterocycles. The molecule has 3 aromatic heterocycles. The second kappa shape index (κ2) is 61.6. The summed E-state index contributed by atoms with van der Waals surface area (Å²) in [6, 6.07) is 72.5. The van der Waals surface area contributed by atoms with E-state index in [0.717, 1.165) is 121 Å². The molecular formula is C100H101BBr5Cl3FIMgN12O14. The summed E-state index contributed by atoms with van der Waals surface area (Å²) < 4.78 is 55.0. The van der Waals surface area contributed by atoms with Gasteiger partial charge in [0.1, 0.15) is 24.7 Å². The Balaban J connectivity index is 0.000000332. The van der Waals surface area contributed by atoms with E-state index in [2.05, 4.69) is 122 Å². The van der Waals surface area contributed by atoms with E-state index >= 15 is 0 Å². The zero-order valence-electron chi connectivity index (χ0n) is 80.2. The van der Waals surface area contributed by atoms with Crippen molar-refractivity contribution >= 4 is 241 Å². The van der Waals surface area contributed by atoms with Crippen molar-refractivity contribution in [2.75, 3.05) is 37.4 Å². The number of esters is 1. The normalized spacial score (nSPS) is 12.6. The SMILES string of the molecule is C1=CN2CCCCC2CC1.C1CCOC1.CC(=O)c1ccc(F)c([N+](=O)[O-])c1.CC(=O)c1ccc(Nc2cccc(Br)c2)c([N+](=O)[O-])c1.CC(=O)c1ccc2c(c1)ncn2-c1cccc(Br)c1.CC(=O)c1ccc2c(c1)ncn2-c1cccc(Br)c1.CC(C)(O)c1ccc2c(c1)ncn2-c1cccc(Br)c1.CCOC(C)=O.N#Cc1ccccc1B(O)O.Nc1cccc(Br)c1.[2H]C(Cl)(Cl)Cl.[2H][C-]([2H])[2H].[I-].[Mg+2]. The zero-order chi connectivity index (χ0) is 104. The monoisotopic (exact) mass is 2380 g/mol. The molecule has 11 aromatic carbocycles. The first-order valence-corrected chi connectivity index (χ1v) is 46.9. The number of nitrogens with one attached hydrogen (secondary N) is 1. The maximum Gasteiger partial charge on any atom is 2.00 e. The number of nitrogens with two attached hydrogens (primary N) is 1. The van der Waals surface area contributed by atoms with Gasteiger partial charge in [-0.15, -0.1) is 0 Å². The number of piperidine rings is 1. The molecular weight excluding hydrogens is 2280 g/mol. The molecule has 2 saturated heterocycles. The largest absolute Gasteiger partial charge is 2.00 e. The maximum atomic E-state index is 12.7. The fourth-order valence-electron chi connectivity index (χ4n) is 13.0. The van der Waals surface area contributed by atoms with Crippen LogP contribution in [0.4, 0.5) is 32.8 Å². The Kier molecular flexibility index (Phi) is 50.5. The number of Topliss-reactive ketones (excluding diaryl/α,β-unsaturated/α-hetero) is 4. The van der Waals surface area contributed by atoms with Gasteiger partial charge >= 0.3 is 41.8 Å². The van der Waals surface area contributed by atoms with Gasteiger partial charge in [-0.2, -0.15) is 9.65 Å². The van der Waals surface area contributed by atoms with Gasteiger partial charge in [-0.25, -0.2) is 19.1 Å². The first-order chi connectivity index (χ1) is 66.2. The number of alkyl halides is 3. The van der Waals surface area contributed by atoms with Crippen molar-refractivity contribution in [3.63, 3.8) is 0 Å². The number of allylic oxidation sites excluding steroid dienone is 1. The van der Waals surface area contributed by atoms with Gasteiger partial charge < -0.3 is 71.9 Å². The fourth-order valence-corrected chi connectivity index (χ4v) is 15.0. The second-order valence-electron chi connectivity index (χ2n) is 30.2. The van der Waals surface area contributed by atoms with Crippen LogP contribution in [0.2, 0.25) is 0 Å². The van der Waals surface area contributed by atoms with Crippen LogP contribution in [0.3, 0.4) is 0 Å². The van der Waals surface area contributed by atoms with Gasteiger partial charge in [-0.1, -0.05) is 175 Å². The van der Waals surface area contributed by atoms with E-state index in [1.165, 1.54) is 103 Å². The van der Waals surface area contributed by atoms with Crippen LogP contribution in [-0.2, 0) is 19.9 Å². The summed E-state index contributed by atoms with van der Waals surface area (Å²) in [4.78, 5) is 90.3. The molecule has 1 atom stereocenters. The number of nitriles is 1. The summed E-state index contributed by atoms with van der Waals surface area (Å²) in [5.41, 5.74) is 17.5. The van der Waals surface area contributed by atoms with E-state index in [1.807, 2.05) is 190 Å². The van der Waals surface area contributed by atoms with E-state index in [1.54, 1.807) is 77.9 Å². The van der Waals surface area contributed by atoms with E-state index in [-0.39, 0.29) is 92.8 Å². The Labute approximate surface area is 897 Å². The zero-order valence-corrected chi connectivity index (χ0v) is 90.0. The number of ketones is 4. The number of ether oxygens (including phenoxy) is 2. The number of nitro benzene ring substituents is 2. The molecule has 1 unspecified atom stereocenters. The van der Waals surface area contributed by atoms with Crippen LogP contribution in [0.25, 0.3) is 50.2 Å². The third-order valence-electron chi connectivity index (χ3n) is 19.7. The van der Waals surface area contributed by atoms with Gasteiger partial charge in [0.2, 0.25) is 5.82 Å². The number of benzene rings is 11. The molecule has 0 spiro atoms. The molecule has 26 nitrogen and oxygen atoms in total. The quantitative estimate of drug-likeness (QED) is 0.00777. The van der Waals surface area contributed by atoms with Crippen molar-refractivity contribution in [2.45, 2.75) is 116 Å². The Morgan fingerprint density at radius 3 is 1.41 bits per heavy atom. The van der Waals surface area contributed by atoms with Crippen LogP contribution < -0.4 is 40.5 Å². The number of imidazole rings is 3. The first kappa shape index (κ1) is 113. The minimum Gasteiger partial charge on any atom is -1.00 e. The Morgan fingerprint density at radius 2 is 1.03 bits per heavy atom. The van der Waals surface area contributed by atoms with Gasteiger partial charge in [-0.3, -0.25) is 57.9 Å². The predicted molar refractivity (Wildman–Crippen MR) is 563 cm³/mol. The number of nitrogens with zero attached hydrogens (tertiary/aromatic N) is 10. The Morgan fingerprint density at radius 1 is 0.609 bits per heavy atom. The molecule has 0 radical (unpaired) electrons. The van der Waals surface area contributed by atoms with Crippen LogP contribution >= 0.6 is 114 Å². The van der Waals surface area contributed by atoms with Crippen molar-refractivity contribution in [2.24, 2.45) is 0 Å². The Hall–Kier alpha value is -9.99. The number of anilines is 3. The number of hydrogen-bond acceptors (Lipinski definition) is 21. The van der Waals surface area contributed by atoms with Crippen molar-refractivity contribution < 1.29 is 92.3 Å². The molecule has 720 valence electrons. The topological polar surface area (TPSA) is 369 Å². The van der Waals surface area contributed by atoms with Crippen LogP contribution in [0.15, 0.2) is 290 Å². The third kappa shape index (κ3) is 40.3. The molecule has 0 amide bonds.